The van der Waals surface area contributed by atoms with Crippen molar-refractivity contribution in [3.05, 3.63) is 76.4 Å². The van der Waals surface area contributed by atoms with Crippen molar-refractivity contribution in [3.8, 4) is 5.75 Å². The number of nitrogens with two attached hydrogens (primary N) is 2. The first-order valence-electron chi connectivity index (χ1n) is 17.8. The molecule has 0 fully saturated rings. The number of guanidine groups is 1. The number of nitrogens with zero attached hydrogens (tertiary/aromatic N) is 2. The number of hydrogen-bond donors (Lipinski definition) is 8. The summed E-state index contributed by atoms with van der Waals surface area (Å²) in [5.74, 6) is -0.996. The smallest absolute Gasteiger partial charge is 0.407 e. The van der Waals surface area contributed by atoms with E-state index >= 15 is 0 Å². The van der Waals surface area contributed by atoms with Gasteiger partial charge in [0, 0.05) is 25.9 Å². The van der Waals surface area contributed by atoms with Crippen LogP contribution < -0.4 is 32.7 Å². The van der Waals surface area contributed by atoms with Crippen molar-refractivity contribution in [2.24, 2.45) is 11.5 Å². The second-order valence-electron chi connectivity index (χ2n) is 13.9. The lowest BCUT2D eigenvalue weighted by molar-refractivity contribution is -0.134. The minimum absolute atomic E-state index is 0.0142. The number of nitrogens with one attached hydrogen (secondary N) is 5. The van der Waals surface area contributed by atoms with Crippen molar-refractivity contribution in [2.75, 3.05) is 13.1 Å². The summed E-state index contributed by atoms with van der Waals surface area (Å²) in [6.45, 7) is 9.42. The van der Waals surface area contributed by atoms with Gasteiger partial charge >= 0.3 is 12.2 Å². The van der Waals surface area contributed by atoms with E-state index < -0.39 is 47.8 Å². The van der Waals surface area contributed by atoms with Crippen LogP contribution in [0.15, 0.2) is 47.0 Å². The largest absolute Gasteiger partial charge is 0.508 e. The van der Waals surface area contributed by atoms with E-state index in [4.69, 9.17) is 30.9 Å². The molecule has 0 unspecified atom stereocenters. The van der Waals surface area contributed by atoms with Gasteiger partial charge in [0.05, 0.1) is 0 Å². The van der Waals surface area contributed by atoms with Gasteiger partial charge in [-0.05, 0) is 101 Å². The lowest BCUT2D eigenvalue weighted by Crippen LogP contribution is -2.52. The SMILES string of the molecule is Cc1cc(O)cc(C)c1C[C@H](NC(=O)[C@H](CCCNC(=N)N)OC(N)=O)C(=O)N[C@H](CCCCNC(=O)OC(C)(C)C)c1nc(Cc2ccccc2)no1. The van der Waals surface area contributed by atoms with Crippen molar-refractivity contribution in [1.29, 1.82) is 5.41 Å². The fraction of sp³-hybridized carbons (Fsp3) is 0.486. The summed E-state index contributed by atoms with van der Waals surface area (Å²) < 4.78 is 16.1. The van der Waals surface area contributed by atoms with E-state index in [-0.39, 0.29) is 43.4 Å². The molecule has 17 nitrogen and oxygen atoms in total. The summed E-state index contributed by atoms with van der Waals surface area (Å²) in [6.07, 6.45) is -0.959. The predicted octanol–water partition coefficient (Wildman–Crippen LogP) is 3.29. The molecule has 10 N–H and O–H groups in total. The maximum absolute atomic E-state index is 14.2. The van der Waals surface area contributed by atoms with Crippen molar-refractivity contribution in [2.45, 2.75) is 103 Å². The number of benzene rings is 2. The van der Waals surface area contributed by atoms with E-state index in [9.17, 15) is 24.3 Å². The zero-order valence-electron chi connectivity index (χ0n) is 31.5. The van der Waals surface area contributed by atoms with Gasteiger partial charge in [-0.3, -0.25) is 15.0 Å². The normalized spacial score (nSPS) is 12.8. The summed E-state index contributed by atoms with van der Waals surface area (Å²) in [7, 11) is 0. The van der Waals surface area contributed by atoms with Crippen LogP contribution >= 0.6 is 0 Å². The molecule has 1 heterocycles. The number of amides is 4. The molecule has 0 radical (unpaired) electrons. The van der Waals surface area contributed by atoms with Crippen molar-refractivity contribution in [3.63, 3.8) is 0 Å². The Balaban J connectivity index is 1.87. The minimum atomic E-state index is -1.35. The highest BCUT2D eigenvalue weighted by Crippen LogP contribution is 2.24. The Labute approximate surface area is 314 Å². The van der Waals surface area contributed by atoms with Crippen LogP contribution in [0.25, 0.3) is 0 Å². The van der Waals surface area contributed by atoms with Crippen LogP contribution in [0.4, 0.5) is 9.59 Å². The van der Waals surface area contributed by atoms with Gasteiger partial charge in [0.25, 0.3) is 5.91 Å². The number of unbranched alkanes of at least 4 members (excludes halogenated alkanes) is 1. The molecule has 3 rings (SSSR count). The first-order chi connectivity index (χ1) is 25.5. The fourth-order valence-corrected chi connectivity index (χ4v) is 5.63. The Kier molecular flexibility index (Phi) is 16.1. The number of rotatable bonds is 19. The van der Waals surface area contributed by atoms with Crippen LogP contribution in [-0.4, -0.2) is 76.0 Å². The highest BCUT2D eigenvalue weighted by atomic mass is 16.6. The lowest BCUT2D eigenvalue weighted by atomic mass is 9.95. The minimum Gasteiger partial charge on any atom is -0.508 e. The molecule has 17 heteroatoms. The third kappa shape index (κ3) is 15.0. The average molecular weight is 752 g/mol. The fourth-order valence-electron chi connectivity index (χ4n) is 5.63. The topological polar surface area (TPSA) is 270 Å². The monoisotopic (exact) mass is 751 g/mol. The van der Waals surface area contributed by atoms with E-state index in [1.165, 1.54) is 0 Å². The maximum atomic E-state index is 14.2. The molecule has 294 valence electrons. The van der Waals surface area contributed by atoms with Crippen LogP contribution in [0.5, 0.6) is 5.75 Å². The number of ether oxygens (including phenoxy) is 2. The van der Waals surface area contributed by atoms with Crippen molar-refractivity contribution >= 4 is 30.0 Å². The number of phenols is 1. The highest BCUT2D eigenvalue weighted by molar-refractivity contribution is 5.90. The van der Waals surface area contributed by atoms with Gasteiger partial charge < -0.3 is 51.8 Å². The Bertz CT molecular complexity index is 1700. The number of aromatic hydroxyl groups is 1. The summed E-state index contributed by atoms with van der Waals surface area (Å²) >= 11 is 0. The van der Waals surface area contributed by atoms with Crippen molar-refractivity contribution in [1.82, 2.24) is 31.4 Å². The van der Waals surface area contributed by atoms with Crippen LogP contribution in [0, 0.1) is 19.3 Å². The number of aryl methyl sites for hydroxylation is 2. The molecule has 4 amide bonds. The lowest BCUT2D eigenvalue weighted by Gasteiger charge is -2.25. The molecule has 0 aliphatic heterocycles. The second kappa shape index (κ2) is 20.4. The van der Waals surface area contributed by atoms with Crippen LogP contribution in [0.2, 0.25) is 0 Å². The number of alkyl carbamates (subject to hydrolysis) is 1. The molecule has 54 heavy (non-hydrogen) atoms. The Hall–Kier alpha value is -5.87. The number of hydrogen-bond acceptors (Lipinski definition) is 11. The molecule has 3 aromatic rings. The highest BCUT2D eigenvalue weighted by Gasteiger charge is 2.31. The molecule has 0 saturated heterocycles. The first kappa shape index (κ1) is 42.5. The van der Waals surface area contributed by atoms with Crippen LogP contribution in [0.1, 0.15) is 92.9 Å². The third-order valence-electron chi connectivity index (χ3n) is 8.12. The van der Waals surface area contributed by atoms with Gasteiger partial charge in [0.15, 0.2) is 17.9 Å². The predicted molar refractivity (Wildman–Crippen MR) is 199 cm³/mol. The van der Waals surface area contributed by atoms with Gasteiger partial charge in [-0.1, -0.05) is 35.5 Å². The van der Waals surface area contributed by atoms with Gasteiger partial charge in [-0.15, -0.1) is 0 Å². The molecule has 2 aromatic carbocycles. The summed E-state index contributed by atoms with van der Waals surface area (Å²) in [5.41, 5.74) is 13.0. The molecule has 0 spiro atoms. The summed E-state index contributed by atoms with van der Waals surface area (Å²) in [4.78, 5) is 56.3. The van der Waals surface area contributed by atoms with E-state index in [0.717, 1.165) is 5.56 Å². The Morgan fingerprint density at radius 2 is 1.59 bits per heavy atom. The maximum Gasteiger partial charge on any atom is 0.407 e. The van der Waals surface area contributed by atoms with E-state index in [2.05, 4.69) is 31.4 Å². The van der Waals surface area contributed by atoms with Gasteiger partial charge in [0.1, 0.15) is 23.4 Å². The zero-order valence-corrected chi connectivity index (χ0v) is 31.5. The molecule has 0 aliphatic carbocycles. The molecule has 0 saturated carbocycles. The Morgan fingerprint density at radius 3 is 2.22 bits per heavy atom. The summed E-state index contributed by atoms with van der Waals surface area (Å²) in [6, 6.07) is 10.7. The van der Waals surface area contributed by atoms with Crippen LogP contribution in [-0.2, 0) is 31.9 Å². The molecule has 0 aliphatic rings. The standard InChI is InChI=1S/C37H53N9O8/c1-22-18-25(47)19-23(2)26(22)21-28(44-32(49)29(52-35(40)50)15-11-17-41-34(38)39)31(48)43-27(14-9-10-16-42-36(51)53-37(3,4)5)33-45-30(46-54-33)20-24-12-7-6-8-13-24/h6-8,12-13,18-19,27-29,47H,9-11,14-17,20-21H2,1-5H3,(H2,40,50)(H,42,51)(H,43,48)(H,44,49)(H4,38,39,41)/t27-,28+,29+/m1/s1. The number of phenolic OH excluding ortho intramolecular Hbond substituents is 1. The molecule has 1 aromatic heterocycles. The van der Waals surface area contributed by atoms with E-state index in [0.29, 0.717) is 54.7 Å². The van der Waals surface area contributed by atoms with Gasteiger partial charge in [0.2, 0.25) is 11.8 Å². The molecular weight excluding hydrogens is 698 g/mol. The zero-order chi connectivity index (χ0) is 39.8. The number of carbonyl (C=O) groups is 4. The van der Waals surface area contributed by atoms with Gasteiger partial charge in [-0.25, -0.2) is 9.59 Å². The molecule has 0 bridgehead atoms. The number of aromatic nitrogens is 2. The number of primary amides is 1. The quantitative estimate of drug-likeness (QED) is 0.0498. The third-order valence-corrected chi connectivity index (χ3v) is 8.12. The number of carbonyl (C=O) groups excluding carboxylic acids is 4. The molecular formula is C37H53N9O8. The second-order valence-corrected chi connectivity index (χ2v) is 13.9. The average Bonchev–Trinajstić information content (AvgIpc) is 3.53. The van der Waals surface area contributed by atoms with Gasteiger partial charge in [-0.2, -0.15) is 4.98 Å². The van der Waals surface area contributed by atoms with Crippen molar-refractivity contribution < 1.29 is 38.3 Å². The van der Waals surface area contributed by atoms with Crippen LogP contribution in [0.3, 0.4) is 0 Å². The first-order valence-corrected chi connectivity index (χ1v) is 17.8. The van der Waals surface area contributed by atoms with E-state index in [1.807, 2.05) is 30.3 Å². The molecule has 3 atom stereocenters. The van der Waals surface area contributed by atoms with E-state index in [1.54, 1.807) is 46.8 Å². The Morgan fingerprint density at radius 1 is 0.926 bits per heavy atom. The summed E-state index contributed by atoms with van der Waals surface area (Å²) in [5, 5.41) is 32.7.